The molecule has 15 heavy (non-hydrogen) atoms. The van der Waals surface area contributed by atoms with Crippen LogP contribution in [0, 0.1) is 5.92 Å². The van der Waals surface area contributed by atoms with Crippen LogP contribution in [0.4, 0.5) is 0 Å². The Morgan fingerprint density at radius 2 is 2.13 bits per heavy atom. The third kappa shape index (κ3) is 1.57. The van der Waals surface area contributed by atoms with Gasteiger partial charge in [-0.25, -0.2) is 0 Å². The van der Waals surface area contributed by atoms with E-state index in [1.807, 2.05) is 11.3 Å². The number of thiophene rings is 1. The molecule has 78 valence electrons. The Morgan fingerprint density at radius 1 is 1.33 bits per heavy atom. The summed E-state index contributed by atoms with van der Waals surface area (Å²) in [5, 5.41) is 3.60. The second-order valence-corrected chi connectivity index (χ2v) is 5.08. The molecule has 1 unspecified atom stereocenters. The molecule has 1 aromatic heterocycles. The van der Waals surface area contributed by atoms with Gasteiger partial charge in [-0.2, -0.15) is 0 Å². The van der Waals surface area contributed by atoms with Gasteiger partial charge in [0.15, 0.2) is 0 Å². The van der Waals surface area contributed by atoms with Crippen LogP contribution in [-0.4, -0.2) is 0 Å². The largest absolute Gasteiger partial charge is 0.271 e. The molecule has 3 rings (SSSR count). The summed E-state index contributed by atoms with van der Waals surface area (Å²) in [5.74, 6) is 6.39. The van der Waals surface area contributed by atoms with Crippen molar-refractivity contribution in [1.82, 2.24) is 5.43 Å². The van der Waals surface area contributed by atoms with Gasteiger partial charge in [0.2, 0.25) is 0 Å². The number of hydrogen-bond acceptors (Lipinski definition) is 3. The maximum Gasteiger partial charge on any atom is 0.0502 e. The second-order valence-electron chi connectivity index (χ2n) is 4.17. The highest BCUT2D eigenvalue weighted by Crippen LogP contribution is 2.43. The highest BCUT2D eigenvalue weighted by atomic mass is 32.1. The van der Waals surface area contributed by atoms with Gasteiger partial charge in [-0.15, -0.1) is 11.3 Å². The number of nitrogens with one attached hydrogen (secondary N) is 1. The van der Waals surface area contributed by atoms with Crippen molar-refractivity contribution >= 4 is 21.4 Å². The molecule has 3 N–H and O–H groups in total. The van der Waals surface area contributed by atoms with E-state index in [9.17, 15) is 0 Å². The molecule has 1 aliphatic rings. The fourth-order valence-electron chi connectivity index (χ4n) is 2.15. The Kier molecular flexibility index (Phi) is 2.24. The summed E-state index contributed by atoms with van der Waals surface area (Å²) in [6.07, 6.45) is 2.61. The van der Waals surface area contributed by atoms with Gasteiger partial charge in [0.05, 0.1) is 6.04 Å². The molecule has 3 heteroatoms. The van der Waals surface area contributed by atoms with E-state index in [0.29, 0.717) is 6.04 Å². The highest BCUT2D eigenvalue weighted by Gasteiger charge is 2.32. The van der Waals surface area contributed by atoms with E-state index in [4.69, 9.17) is 5.84 Å². The Hall–Kier alpha value is -0.900. The van der Waals surface area contributed by atoms with Gasteiger partial charge in [0, 0.05) is 4.70 Å². The average Bonchev–Trinajstić information content (AvgIpc) is 3.01. The van der Waals surface area contributed by atoms with Gasteiger partial charge in [-0.05, 0) is 41.2 Å². The molecule has 1 aliphatic carbocycles. The van der Waals surface area contributed by atoms with Crippen LogP contribution < -0.4 is 11.3 Å². The lowest BCUT2D eigenvalue weighted by Crippen LogP contribution is -2.29. The Morgan fingerprint density at radius 3 is 2.87 bits per heavy atom. The van der Waals surface area contributed by atoms with Crippen LogP contribution in [0.5, 0.6) is 0 Å². The van der Waals surface area contributed by atoms with Crippen molar-refractivity contribution < 1.29 is 0 Å². The Labute approximate surface area is 93.1 Å². The molecule has 0 aliphatic heterocycles. The smallest absolute Gasteiger partial charge is 0.0502 e. The fourth-order valence-corrected chi connectivity index (χ4v) is 3.15. The van der Waals surface area contributed by atoms with Crippen LogP contribution in [0.3, 0.4) is 0 Å². The number of hydrogen-bond donors (Lipinski definition) is 2. The summed E-state index contributed by atoms with van der Waals surface area (Å²) in [6, 6.07) is 8.89. The minimum atomic E-state index is 0.348. The molecule has 2 nitrogen and oxygen atoms in total. The van der Waals surface area contributed by atoms with Crippen LogP contribution >= 0.6 is 11.3 Å². The SMILES string of the molecule is NNC(c1csc2ccccc12)C1CC1. The topological polar surface area (TPSA) is 38.0 Å². The molecule has 0 amide bonds. The zero-order chi connectivity index (χ0) is 10.3. The molecule has 0 radical (unpaired) electrons. The first kappa shape index (κ1) is 9.33. The molecule has 1 aromatic carbocycles. The van der Waals surface area contributed by atoms with E-state index in [-0.39, 0.29) is 0 Å². The van der Waals surface area contributed by atoms with Crippen molar-refractivity contribution in [3.8, 4) is 0 Å². The van der Waals surface area contributed by atoms with Gasteiger partial charge in [0.1, 0.15) is 0 Å². The summed E-state index contributed by atoms with van der Waals surface area (Å²) >= 11 is 1.81. The molecule has 1 heterocycles. The molecule has 0 spiro atoms. The quantitative estimate of drug-likeness (QED) is 0.614. The number of fused-ring (bicyclic) bond motifs is 1. The molecule has 2 aromatic rings. The van der Waals surface area contributed by atoms with E-state index < -0.39 is 0 Å². The van der Waals surface area contributed by atoms with Crippen LogP contribution in [0.25, 0.3) is 10.1 Å². The summed E-state index contributed by atoms with van der Waals surface area (Å²) in [6.45, 7) is 0. The fraction of sp³-hybridized carbons (Fsp3) is 0.333. The zero-order valence-electron chi connectivity index (χ0n) is 8.44. The lowest BCUT2D eigenvalue weighted by atomic mass is 10.0. The van der Waals surface area contributed by atoms with E-state index in [0.717, 1.165) is 5.92 Å². The second kappa shape index (κ2) is 3.59. The van der Waals surface area contributed by atoms with Crippen LogP contribution in [0.1, 0.15) is 24.4 Å². The predicted molar refractivity (Wildman–Crippen MR) is 64.6 cm³/mol. The Bertz CT molecular complexity index is 473. The normalized spacial score (nSPS) is 18.2. The monoisotopic (exact) mass is 218 g/mol. The molecule has 1 fully saturated rings. The first-order valence-electron chi connectivity index (χ1n) is 5.32. The number of benzene rings is 1. The molecule has 0 saturated heterocycles. The maximum absolute atomic E-state index is 5.65. The lowest BCUT2D eigenvalue weighted by molar-refractivity contribution is 0.501. The molecular formula is C12H14N2S. The first-order chi connectivity index (χ1) is 7.40. The van der Waals surface area contributed by atoms with Gasteiger partial charge >= 0.3 is 0 Å². The van der Waals surface area contributed by atoms with E-state index in [2.05, 4.69) is 35.1 Å². The molecule has 1 saturated carbocycles. The summed E-state index contributed by atoms with van der Waals surface area (Å²) in [5.41, 5.74) is 4.34. The minimum absolute atomic E-state index is 0.348. The lowest BCUT2D eigenvalue weighted by Gasteiger charge is -2.14. The minimum Gasteiger partial charge on any atom is -0.271 e. The summed E-state index contributed by atoms with van der Waals surface area (Å²) in [7, 11) is 0. The zero-order valence-corrected chi connectivity index (χ0v) is 9.26. The third-order valence-corrected chi connectivity index (χ3v) is 4.10. The van der Waals surface area contributed by atoms with Crippen molar-refractivity contribution in [2.45, 2.75) is 18.9 Å². The summed E-state index contributed by atoms with van der Waals surface area (Å²) in [4.78, 5) is 0. The van der Waals surface area contributed by atoms with Gasteiger partial charge in [0.25, 0.3) is 0 Å². The average molecular weight is 218 g/mol. The van der Waals surface area contributed by atoms with E-state index in [1.165, 1.54) is 28.5 Å². The number of hydrazine groups is 1. The van der Waals surface area contributed by atoms with Crippen molar-refractivity contribution in [2.24, 2.45) is 11.8 Å². The summed E-state index contributed by atoms with van der Waals surface area (Å²) < 4.78 is 1.36. The number of rotatable bonds is 3. The molecular weight excluding hydrogens is 204 g/mol. The Balaban J connectivity index is 2.08. The van der Waals surface area contributed by atoms with Crippen LogP contribution in [-0.2, 0) is 0 Å². The van der Waals surface area contributed by atoms with Crippen molar-refractivity contribution in [3.05, 3.63) is 35.2 Å². The van der Waals surface area contributed by atoms with Crippen molar-refractivity contribution in [3.63, 3.8) is 0 Å². The van der Waals surface area contributed by atoms with Crippen LogP contribution in [0.2, 0.25) is 0 Å². The van der Waals surface area contributed by atoms with Gasteiger partial charge < -0.3 is 0 Å². The highest BCUT2D eigenvalue weighted by molar-refractivity contribution is 7.17. The van der Waals surface area contributed by atoms with E-state index >= 15 is 0 Å². The van der Waals surface area contributed by atoms with Crippen molar-refractivity contribution in [2.75, 3.05) is 0 Å². The standard InChI is InChI=1S/C12H14N2S/c13-14-12(8-5-6-8)10-7-15-11-4-2-1-3-9(10)11/h1-4,7-8,12,14H,5-6,13H2. The van der Waals surface area contributed by atoms with Gasteiger partial charge in [-0.1, -0.05) is 18.2 Å². The molecule has 1 atom stereocenters. The van der Waals surface area contributed by atoms with Gasteiger partial charge in [-0.3, -0.25) is 11.3 Å². The van der Waals surface area contributed by atoms with Crippen LogP contribution in [0.15, 0.2) is 29.6 Å². The third-order valence-electron chi connectivity index (χ3n) is 3.12. The van der Waals surface area contributed by atoms with Crippen molar-refractivity contribution in [1.29, 1.82) is 0 Å². The first-order valence-corrected chi connectivity index (χ1v) is 6.20. The molecule has 0 bridgehead atoms. The number of nitrogens with two attached hydrogens (primary N) is 1. The predicted octanol–water partition coefficient (Wildman–Crippen LogP) is 2.82. The maximum atomic E-state index is 5.65. The van der Waals surface area contributed by atoms with E-state index in [1.54, 1.807) is 0 Å².